The molecule has 0 bridgehead atoms. The van der Waals surface area contributed by atoms with Crippen LogP contribution in [0.2, 0.25) is 0 Å². The first-order valence-electron chi connectivity index (χ1n) is 7.85. The van der Waals surface area contributed by atoms with Gasteiger partial charge in [0.2, 0.25) is 0 Å². The minimum Gasteiger partial charge on any atom is -0.508 e. The standard InChI is InChI=1S/C17H28N2O/c1-5-18-13(4)16-9-8-15(10-17(16)20)19(12(2)3)11-14-6-7-14/h8-10,12-14,18,20H,5-7,11H2,1-4H3. The van der Waals surface area contributed by atoms with E-state index in [4.69, 9.17) is 0 Å². The van der Waals surface area contributed by atoms with E-state index in [9.17, 15) is 5.11 Å². The Bertz CT molecular complexity index is 441. The Hall–Kier alpha value is -1.22. The van der Waals surface area contributed by atoms with Crippen LogP contribution in [0.1, 0.15) is 52.1 Å². The summed E-state index contributed by atoms with van der Waals surface area (Å²) < 4.78 is 0. The fraction of sp³-hybridized carbons (Fsp3) is 0.647. The molecule has 1 atom stereocenters. The van der Waals surface area contributed by atoms with Crippen LogP contribution in [0.3, 0.4) is 0 Å². The van der Waals surface area contributed by atoms with Crippen molar-refractivity contribution in [2.24, 2.45) is 5.92 Å². The molecule has 1 unspecified atom stereocenters. The number of rotatable bonds is 7. The minimum absolute atomic E-state index is 0.185. The van der Waals surface area contributed by atoms with Gasteiger partial charge < -0.3 is 15.3 Å². The average molecular weight is 276 g/mol. The highest BCUT2D eigenvalue weighted by atomic mass is 16.3. The van der Waals surface area contributed by atoms with E-state index in [1.165, 1.54) is 12.8 Å². The first-order chi connectivity index (χ1) is 9.52. The average Bonchev–Trinajstić information content (AvgIpc) is 3.19. The molecule has 0 heterocycles. The molecule has 3 nitrogen and oxygen atoms in total. The molecule has 0 amide bonds. The molecule has 0 spiro atoms. The molecule has 2 N–H and O–H groups in total. The summed E-state index contributed by atoms with van der Waals surface area (Å²) in [5, 5.41) is 13.6. The fourth-order valence-electron chi connectivity index (χ4n) is 2.69. The number of anilines is 1. The van der Waals surface area contributed by atoms with E-state index in [-0.39, 0.29) is 6.04 Å². The van der Waals surface area contributed by atoms with Gasteiger partial charge in [-0.2, -0.15) is 0 Å². The second-order valence-corrected chi connectivity index (χ2v) is 6.21. The molecule has 1 aliphatic rings. The molecule has 0 radical (unpaired) electrons. The second-order valence-electron chi connectivity index (χ2n) is 6.21. The van der Waals surface area contributed by atoms with Crippen molar-refractivity contribution in [1.29, 1.82) is 0 Å². The smallest absolute Gasteiger partial charge is 0.122 e. The first kappa shape index (κ1) is 15.2. The molecule has 20 heavy (non-hydrogen) atoms. The maximum absolute atomic E-state index is 10.3. The van der Waals surface area contributed by atoms with Gasteiger partial charge in [0.1, 0.15) is 5.75 Å². The summed E-state index contributed by atoms with van der Waals surface area (Å²) in [7, 11) is 0. The third kappa shape index (κ3) is 3.66. The molecule has 112 valence electrons. The number of phenols is 1. The Labute approximate surface area is 123 Å². The third-order valence-corrected chi connectivity index (χ3v) is 4.10. The minimum atomic E-state index is 0.185. The van der Waals surface area contributed by atoms with E-state index in [0.717, 1.165) is 30.3 Å². The number of hydrogen-bond donors (Lipinski definition) is 2. The van der Waals surface area contributed by atoms with Crippen molar-refractivity contribution >= 4 is 5.69 Å². The summed E-state index contributed by atoms with van der Waals surface area (Å²) >= 11 is 0. The van der Waals surface area contributed by atoms with Crippen LogP contribution in [-0.4, -0.2) is 24.2 Å². The molecule has 3 heteroatoms. The summed E-state index contributed by atoms with van der Waals surface area (Å²) in [6, 6.07) is 6.77. The van der Waals surface area contributed by atoms with Gasteiger partial charge in [-0.1, -0.05) is 13.0 Å². The van der Waals surface area contributed by atoms with Crippen molar-refractivity contribution in [2.45, 2.75) is 52.6 Å². The molecular formula is C17H28N2O. The maximum Gasteiger partial charge on any atom is 0.122 e. The number of benzene rings is 1. The summed E-state index contributed by atoms with van der Waals surface area (Å²) in [6.07, 6.45) is 2.70. The summed E-state index contributed by atoms with van der Waals surface area (Å²) in [4.78, 5) is 2.40. The van der Waals surface area contributed by atoms with Crippen LogP contribution in [0, 0.1) is 5.92 Å². The highest BCUT2D eigenvalue weighted by Gasteiger charge is 2.26. The lowest BCUT2D eigenvalue weighted by atomic mass is 10.1. The van der Waals surface area contributed by atoms with Gasteiger partial charge in [-0.15, -0.1) is 0 Å². The largest absolute Gasteiger partial charge is 0.508 e. The Balaban J connectivity index is 2.17. The monoisotopic (exact) mass is 276 g/mol. The van der Waals surface area contributed by atoms with Gasteiger partial charge in [0.15, 0.2) is 0 Å². The van der Waals surface area contributed by atoms with E-state index in [0.29, 0.717) is 11.8 Å². The fourth-order valence-corrected chi connectivity index (χ4v) is 2.69. The normalized spacial score (nSPS) is 16.4. The maximum atomic E-state index is 10.3. The highest BCUT2D eigenvalue weighted by Crippen LogP contribution is 2.34. The molecule has 0 aromatic heterocycles. The molecule has 0 aliphatic heterocycles. The zero-order valence-electron chi connectivity index (χ0n) is 13.2. The van der Waals surface area contributed by atoms with Gasteiger partial charge in [-0.05, 0) is 52.1 Å². The molecular weight excluding hydrogens is 248 g/mol. The number of aromatic hydroxyl groups is 1. The molecule has 1 aromatic carbocycles. The lowest BCUT2D eigenvalue weighted by molar-refractivity contribution is 0.454. The lowest BCUT2D eigenvalue weighted by Crippen LogP contribution is -2.32. The van der Waals surface area contributed by atoms with Crippen LogP contribution in [-0.2, 0) is 0 Å². The number of nitrogens with zero attached hydrogens (tertiary/aromatic N) is 1. The van der Waals surface area contributed by atoms with E-state index in [2.05, 4.69) is 50.0 Å². The number of nitrogens with one attached hydrogen (secondary N) is 1. The Kier molecular flexibility index (Phi) is 4.92. The summed E-state index contributed by atoms with van der Waals surface area (Å²) in [5.41, 5.74) is 2.11. The molecule has 1 aliphatic carbocycles. The molecule has 1 aromatic rings. The van der Waals surface area contributed by atoms with Crippen LogP contribution in [0.25, 0.3) is 0 Å². The number of hydrogen-bond acceptors (Lipinski definition) is 3. The second kappa shape index (κ2) is 6.49. The van der Waals surface area contributed by atoms with Gasteiger partial charge in [-0.3, -0.25) is 0 Å². The van der Waals surface area contributed by atoms with Crippen LogP contribution >= 0.6 is 0 Å². The predicted molar refractivity (Wildman–Crippen MR) is 85.4 cm³/mol. The van der Waals surface area contributed by atoms with Gasteiger partial charge >= 0.3 is 0 Å². The topological polar surface area (TPSA) is 35.5 Å². The lowest BCUT2D eigenvalue weighted by Gasteiger charge is -2.30. The molecule has 1 fully saturated rings. The molecule has 0 saturated heterocycles. The van der Waals surface area contributed by atoms with E-state index >= 15 is 0 Å². The summed E-state index contributed by atoms with van der Waals surface area (Å²) in [6.45, 7) is 10.6. The molecule has 1 saturated carbocycles. The van der Waals surface area contributed by atoms with Crippen LogP contribution in [0.4, 0.5) is 5.69 Å². The highest BCUT2D eigenvalue weighted by molar-refractivity contribution is 5.54. The van der Waals surface area contributed by atoms with Crippen LogP contribution < -0.4 is 10.2 Å². The Morgan fingerprint density at radius 1 is 1.30 bits per heavy atom. The zero-order valence-corrected chi connectivity index (χ0v) is 13.2. The van der Waals surface area contributed by atoms with Crippen molar-refractivity contribution in [3.05, 3.63) is 23.8 Å². The zero-order chi connectivity index (χ0) is 14.7. The predicted octanol–water partition coefficient (Wildman–Crippen LogP) is 3.69. The van der Waals surface area contributed by atoms with Crippen molar-refractivity contribution in [1.82, 2.24) is 5.32 Å². The van der Waals surface area contributed by atoms with Crippen molar-refractivity contribution in [3.8, 4) is 5.75 Å². The van der Waals surface area contributed by atoms with Crippen LogP contribution in [0.15, 0.2) is 18.2 Å². The van der Waals surface area contributed by atoms with E-state index in [1.807, 2.05) is 6.07 Å². The van der Waals surface area contributed by atoms with Crippen molar-refractivity contribution in [3.63, 3.8) is 0 Å². The first-order valence-corrected chi connectivity index (χ1v) is 7.85. The quantitative estimate of drug-likeness (QED) is 0.797. The van der Waals surface area contributed by atoms with E-state index in [1.54, 1.807) is 0 Å². The SMILES string of the molecule is CCNC(C)c1ccc(N(CC2CC2)C(C)C)cc1O. The summed E-state index contributed by atoms with van der Waals surface area (Å²) in [5.74, 6) is 1.25. The van der Waals surface area contributed by atoms with Crippen molar-refractivity contribution in [2.75, 3.05) is 18.0 Å². The van der Waals surface area contributed by atoms with Gasteiger partial charge in [0.25, 0.3) is 0 Å². The van der Waals surface area contributed by atoms with Gasteiger partial charge in [0.05, 0.1) is 0 Å². The van der Waals surface area contributed by atoms with Crippen LogP contribution in [0.5, 0.6) is 5.75 Å². The Morgan fingerprint density at radius 3 is 2.50 bits per heavy atom. The Morgan fingerprint density at radius 2 is 2.00 bits per heavy atom. The number of phenolic OH excluding ortho intramolecular Hbond substituents is 1. The molecule has 2 rings (SSSR count). The van der Waals surface area contributed by atoms with Crippen molar-refractivity contribution < 1.29 is 5.11 Å². The van der Waals surface area contributed by atoms with Gasteiger partial charge in [-0.25, -0.2) is 0 Å². The van der Waals surface area contributed by atoms with E-state index < -0.39 is 0 Å². The third-order valence-electron chi connectivity index (χ3n) is 4.10. The van der Waals surface area contributed by atoms with Gasteiger partial charge in [0, 0.05) is 35.9 Å².